The SMILES string of the molecule is CCOc1ccc(NC(=O)c2ccc(-n3nc(C)cc3C)nc2)cc1. The Labute approximate surface area is 146 Å². The van der Waals surface area contributed by atoms with Gasteiger partial charge >= 0.3 is 0 Å². The van der Waals surface area contributed by atoms with E-state index in [1.807, 2.05) is 39.0 Å². The number of ether oxygens (including phenoxy) is 1. The van der Waals surface area contributed by atoms with Crippen molar-refractivity contribution in [3.05, 3.63) is 65.6 Å². The van der Waals surface area contributed by atoms with Gasteiger partial charge in [-0.05, 0) is 63.2 Å². The second kappa shape index (κ2) is 7.17. The Morgan fingerprint density at radius 3 is 2.48 bits per heavy atom. The van der Waals surface area contributed by atoms with Crippen LogP contribution in [0.1, 0.15) is 28.7 Å². The van der Waals surface area contributed by atoms with Crippen molar-refractivity contribution in [2.45, 2.75) is 20.8 Å². The third-order valence-corrected chi connectivity index (χ3v) is 3.66. The first-order valence-electron chi connectivity index (χ1n) is 8.10. The molecule has 1 amide bonds. The molecule has 0 radical (unpaired) electrons. The van der Waals surface area contributed by atoms with Gasteiger partial charge in [-0.25, -0.2) is 9.67 Å². The summed E-state index contributed by atoms with van der Waals surface area (Å²) in [5, 5.41) is 7.23. The lowest BCUT2D eigenvalue weighted by molar-refractivity contribution is 0.102. The molecule has 0 aliphatic rings. The molecule has 0 atom stereocenters. The minimum Gasteiger partial charge on any atom is -0.494 e. The molecule has 6 heteroatoms. The van der Waals surface area contributed by atoms with Crippen molar-refractivity contribution in [1.82, 2.24) is 14.8 Å². The third-order valence-electron chi connectivity index (χ3n) is 3.66. The first-order chi connectivity index (χ1) is 12.1. The molecular weight excluding hydrogens is 316 g/mol. The molecule has 3 rings (SSSR count). The number of aromatic nitrogens is 3. The van der Waals surface area contributed by atoms with E-state index in [9.17, 15) is 4.79 Å². The highest BCUT2D eigenvalue weighted by molar-refractivity contribution is 6.04. The lowest BCUT2D eigenvalue weighted by Gasteiger charge is -2.08. The molecule has 2 aromatic heterocycles. The number of nitrogens with zero attached hydrogens (tertiary/aromatic N) is 3. The summed E-state index contributed by atoms with van der Waals surface area (Å²) in [5.74, 6) is 1.25. The summed E-state index contributed by atoms with van der Waals surface area (Å²) in [6.45, 7) is 6.44. The fourth-order valence-corrected chi connectivity index (χ4v) is 2.51. The van der Waals surface area contributed by atoms with Gasteiger partial charge in [-0.3, -0.25) is 4.79 Å². The van der Waals surface area contributed by atoms with Crippen molar-refractivity contribution >= 4 is 11.6 Å². The van der Waals surface area contributed by atoms with E-state index in [1.165, 1.54) is 0 Å². The molecule has 0 spiro atoms. The maximum atomic E-state index is 12.3. The van der Waals surface area contributed by atoms with E-state index >= 15 is 0 Å². The predicted molar refractivity (Wildman–Crippen MR) is 96.4 cm³/mol. The molecule has 0 saturated carbocycles. The summed E-state index contributed by atoms with van der Waals surface area (Å²) in [6.07, 6.45) is 1.55. The smallest absolute Gasteiger partial charge is 0.257 e. The number of anilines is 1. The van der Waals surface area contributed by atoms with E-state index in [0.29, 0.717) is 23.7 Å². The average molecular weight is 336 g/mol. The molecular formula is C19H20N4O2. The zero-order valence-electron chi connectivity index (χ0n) is 14.5. The van der Waals surface area contributed by atoms with Crippen LogP contribution in [0.3, 0.4) is 0 Å². The van der Waals surface area contributed by atoms with Crippen LogP contribution in [0.5, 0.6) is 5.75 Å². The summed E-state index contributed by atoms with van der Waals surface area (Å²) < 4.78 is 7.14. The minimum absolute atomic E-state index is 0.212. The number of carbonyl (C=O) groups is 1. The Kier molecular flexibility index (Phi) is 4.79. The van der Waals surface area contributed by atoms with Gasteiger partial charge in [0, 0.05) is 17.6 Å². The van der Waals surface area contributed by atoms with Crippen molar-refractivity contribution in [2.24, 2.45) is 0 Å². The quantitative estimate of drug-likeness (QED) is 0.774. The monoisotopic (exact) mass is 336 g/mol. The maximum Gasteiger partial charge on any atom is 0.257 e. The molecule has 0 aliphatic carbocycles. The molecule has 0 unspecified atom stereocenters. The standard InChI is InChI=1S/C19H20N4O2/c1-4-25-17-8-6-16(7-9-17)21-19(24)15-5-10-18(20-12-15)23-14(3)11-13(2)22-23/h5-12H,4H2,1-3H3,(H,21,24). The van der Waals surface area contributed by atoms with Crippen LogP contribution < -0.4 is 10.1 Å². The summed E-state index contributed by atoms with van der Waals surface area (Å²) >= 11 is 0. The Balaban J connectivity index is 1.71. The van der Waals surface area contributed by atoms with Crippen molar-refractivity contribution in [3.8, 4) is 11.6 Å². The topological polar surface area (TPSA) is 69.0 Å². The second-order valence-corrected chi connectivity index (χ2v) is 5.66. The molecule has 0 saturated heterocycles. The van der Waals surface area contributed by atoms with E-state index in [-0.39, 0.29) is 5.91 Å². The van der Waals surface area contributed by atoms with Crippen LogP contribution in [0.2, 0.25) is 0 Å². The molecule has 6 nitrogen and oxygen atoms in total. The van der Waals surface area contributed by atoms with Crippen LogP contribution in [0, 0.1) is 13.8 Å². The van der Waals surface area contributed by atoms with Gasteiger partial charge in [0.05, 0.1) is 17.9 Å². The van der Waals surface area contributed by atoms with Crippen molar-refractivity contribution in [2.75, 3.05) is 11.9 Å². The van der Waals surface area contributed by atoms with Gasteiger partial charge in [-0.2, -0.15) is 5.10 Å². The van der Waals surface area contributed by atoms with Gasteiger partial charge in [0.25, 0.3) is 5.91 Å². The highest BCUT2D eigenvalue weighted by Crippen LogP contribution is 2.17. The highest BCUT2D eigenvalue weighted by Gasteiger charge is 2.09. The molecule has 25 heavy (non-hydrogen) atoms. The summed E-state index contributed by atoms with van der Waals surface area (Å²) in [5.41, 5.74) is 3.11. The van der Waals surface area contributed by atoms with Gasteiger partial charge in [0.2, 0.25) is 0 Å². The first-order valence-corrected chi connectivity index (χ1v) is 8.10. The molecule has 3 aromatic rings. The van der Waals surface area contributed by atoms with E-state index < -0.39 is 0 Å². The second-order valence-electron chi connectivity index (χ2n) is 5.66. The number of carbonyl (C=O) groups excluding carboxylic acids is 1. The van der Waals surface area contributed by atoms with Crippen LogP contribution >= 0.6 is 0 Å². The van der Waals surface area contributed by atoms with Crippen molar-refractivity contribution < 1.29 is 9.53 Å². The van der Waals surface area contributed by atoms with Gasteiger partial charge in [0.1, 0.15) is 5.75 Å². The summed E-state index contributed by atoms with van der Waals surface area (Å²) in [7, 11) is 0. The van der Waals surface area contributed by atoms with E-state index in [2.05, 4.69) is 15.4 Å². The van der Waals surface area contributed by atoms with E-state index in [0.717, 1.165) is 17.1 Å². The fourth-order valence-electron chi connectivity index (χ4n) is 2.51. The molecule has 0 bridgehead atoms. The average Bonchev–Trinajstić information content (AvgIpc) is 2.95. The fraction of sp³-hybridized carbons (Fsp3) is 0.211. The number of benzene rings is 1. The number of rotatable bonds is 5. The molecule has 0 aliphatic heterocycles. The Morgan fingerprint density at radius 2 is 1.92 bits per heavy atom. The van der Waals surface area contributed by atoms with E-state index in [4.69, 9.17) is 4.74 Å². The number of amides is 1. The zero-order chi connectivity index (χ0) is 17.8. The highest BCUT2D eigenvalue weighted by atomic mass is 16.5. The van der Waals surface area contributed by atoms with Crippen LogP contribution in [-0.2, 0) is 0 Å². The Bertz CT molecular complexity index is 867. The summed E-state index contributed by atoms with van der Waals surface area (Å²) in [6, 6.07) is 12.8. The number of aryl methyl sites for hydroxylation is 2. The first kappa shape index (κ1) is 16.7. The zero-order valence-corrected chi connectivity index (χ0v) is 14.5. The Morgan fingerprint density at radius 1 is 1.16 bits per heavy atom. The van der Waals surface area contributed by atoms with Gasteiger partial charge in [-0.15, -0.1) is 0 Å². The number of hydrogen-bond acceptors (Lipinski definition) is 4. The molecule has 1 aromatic carbocycles. The minimum atomic E-state index is -0.212. The number of nitrogens with one attached hydrogen (secondary N) is 1. The van der Waals surface area contributed by atoms with Crippen molar-refractivity contribution in [1.29, 1.82) is 0 Å². The van der Waals surface area contributed by atoms with Crippen molar-refractivity contribution in [3.63, 3.8) is 0 Å². The largest absolute Gasteiger partial charge is 0.494 e. The maximum absolute atomic E-state index is 12.3. The summed E-state index contributed by atoms with van der Waals surface area (Å²) in [4.78, 5) is 16.7. The van der Waals surface area contributed by atoms with E-state index in [1.54, 1.807) is 35.1 Å². The normalized spacial score (nSPS) is 10.5. The predicted octanol–water partition coefficient (Wildman–Crippen LogP) is 3.54. The Hall–Kier alpha value is -3.15. The molecule has 128 valence electrons. The van der Waals surface area contributed by atoms with Crippen LogP contribution in [0.25, 0.3) is 5.82 Å². The number of hydrogen-bond donors (Lipinski definition) is 1. The van der Waals surface area contributed by atoms with Gasteiger partial charge in [-0.1, -0.05) is 0 Å². The van der Waals surface area contributed by atoms with Crippen LogP contribution in [-0.4, -0.2) is 27.3 Å². The molecule has 0 fully saturated rings. The van der Waals surface area contributed by atoms with Gasteiger partial charge in [0.15, 0.2) is 5.82 Å². The molecule has 2 heterocycles. The lowest BCUT2D eigenvalue weighted by Crippen LogP contribution is -2.13. The lowest BCUT2D eigenvalue weighted by atomic mass is 10.2. The third kappa shape index (κ3) is 3.85. The number of pyridine rings is 1. The van der Waals surface area contributed by atoms with Gasteiger partial charge < -0.3 is 10.1 Å². The molecule has 1 N–H and O–H groups in total. The van der Waals surface area contributed by atoms with Crippen LogP contribution in [0.15, 0.2) is 48.7 Å². The van der Waals surface area contributed by atoms with Crippen LogP contribution in [0.4, 0.5) is 5.69 Å².